The van der Waals surface area contributed by atoms with Crippen LogP contribution in [0.1, 0.15) is 28.9 Å². The minimum absolute atomic E-state index is 0.0476. The van der Waals surface area contributed by atoms with Crippen LogP contribution in [-0.2, 0) is 9.53 Å². The Morgan fingerprint density at radius 3 is 2.58 bits per heavy atom. The lowest BCUT2D eigenvalue weighted by Crippen LogP contribution is -2.33. The summed E-state index contributed by atoms with van der Waals surface area (Å²) in [6.07, 6.45) is 0. The predicted octanol–water partition coefficient (Wildman–Crippen LogP) is 3.05. The summed E-state index contributed by atoms with van der Waals surface area (Å²) in [5.41, 5.74) is 0.989. The highest BCUT2D eigenvalue weighted by atomic mass is 35.5. The monoisotopic (exact) mass is 439 g/mol. The molecule has 158 valence electrons. The van der Waals surface area contributed by atoms with Gasteiger partial charge in [-0.3, -0.25) is 4.79 Å². The minimum atomic E-state index is -0.840. The van der Waals surface area contributed by atoms with Gasteiger partial charge in [-0.05, 0) is 47.7 Å². The Balaban J connectivity index is 1.90. The number of hydrogen-bond acceptors (Lipinski definition) is 8. The van der Waals surface area contributed by atoms with Crippen molar-refractivity contribution in [2.45, 2.75) is 13.0 Å². The number of benzene rings is 2. The summed E-state index contributed by atoms with van der Waals surface area (Å²) in [6.45, 7) is 2.38. The Hall–Kier alpha value is -3.72. The molecule has 2 aromatic carbocycles. The molecule has 1 aliphatic rings. The smallest absolute Gasteiger partial charge is 0.355 e. The Labute approximate surface area is 182 Å². The first-order chi connectivity index (χ1) is 15.0. The van der Waals surface area contributed by atoms with Crippen molar-refractivity contribution in [2.75, 3.05) is 19.0 Å². The number of nitrogens with zero attached hydrogens (tertiary/aromatic N) is 4. The SMILES string of the molecule is CCOc1ccc(C(=O)C2=C(C(=O)OC)Nc3nnnn3[C@H]2c2ccccc2Cl)cc1. The summed E-state index contributed by atoms with van der Waals surface area (Å²) < 4.78 is 11.8. The number of anilines is 1. The van der Waals surface area contributed by atoms with Gasteiger partial charge in [-0.2, -0.15) is 4.68 Å². The second-order valence-corrected chi connectivity index (χ2v) is 6.97. The maximum absolute atomic E-state index is 13.7. The quantitative estimate of drug-likeness (QED) is 0.461. The van der Waals surface area contributed by atoms with Crippen LogP contribution in [0, 0.1) is 0 Å². The zero-order valence-corrected chi connectivity index (χ0v) is 17.5. The number of rotatable bonds is 6. The van der Waals surface area contributed by atoms with Crippen molar-refractivity contribution in [2.24, 2.45) is 0 Å². The third-order valence-electron chi connectivity index (χ3n) is 4.78. The third-order valence-corrected chi connectivity index (χ3v) is 5.12. The molecule has 0 amide bonds. The van der Waals surface area contributed by atoms with Crippen molar-refractivity contribution in [1.82, 2.24) is 20.2 Å². The van der Waals surface area contributed by atoms with Crippen molar-refractivity contribution >= 4 is 29.3 Å². The van der Waals surface area contributed by atoms with Crippen LogP contribution in [0.2, 0.25) is 5.02 Å². The summed E-state index contributed by atoms with van der Waals surface area (Å²) in [5, 5.41) is 14.8. The van der Waals surface area contributed by atoms with Gasteiger partial charge in [0, 0.05) is 16.1 Å². The van der Waals surface area contributed by atoms with Crippen LogP contribution < -0.4 is 10.1 Å². The van der Waals surface area contributed by atoms with Crippen LogP contribution in [0.3, 0.4) is 0 Å². The molecule has 0 fully saturated rings. The van der Waals surface area contributed by atoms with E-state index in [-0.39, 0.29) is 17.2 Å². The lowest BCUT2D eigenvalue weighted by atomic mass is 9.89. The first-order valence-corrected chi connectivity index (χ1v) is 9.82. The van der Waals surface area contributed by atoms with E-state index in [1.54, 1.807) is 48.5 Å². The second-order valence-electron chi connectivity index (χ2n) is 6.56. The Bertz CT molecular complexity index is 1170. The number of nitrogens with one attached hydrogen (secondary N) is 1. The molecule has 3 aromatic rings. The van der Waals surface area contributed by atoms with Crippen molar-refractivity contribution in [1.29, 1.82) is 0 Å². The molecule has 31 heavy (non-hydrogen) atoms. The molecule has 1 N–H and O–H groups in total. The van der Waals surface area contributed by atoms with Gasteiger partial charge in [0.05, 0.1) is 19.3 Å². The average Bonchev–Trinajstić information content (AvgIpc) is 3.26. The van der Waals surface area contributed by atoms with Gasteiger partial charge in [-0.15, -0.1) is 0 Å². The average molecular weight is 440 g/mol. The first-order valence-electron chi connectivity index (χ1n) is 9.44. The highest BCUT2D eigenvalue weighted by Gasteiger charge is 2.39. The molecule has 0 saturated carbocycles. The molecule has 1 atom stereocenters. The van der Waals surface area contributed by atoms with E-state index in [1.807, 2.05) is 6.92 Å². The number of allylic oxidation sites excluding steroid dienone is 1. The second kappa shape index (κ2) is 8.57. The van der Waals surface area contributed by atoms with Crippen LogP contribution in [-0.4, -0.2) is 45.7 Å². The number of Topliss-reactive ketones (excluding diaryl/α,β-unsaturated/α-hetero) is 1. The fourth-order valence-electron chi connectivity index (χ4n) is 3.40. The fraction of sp³-hybridized carbons (Fsp3) is 0.190. The van der Waals surface area contributed by atoms with Crippen molar-refractivity contribution < 1.29 is 19.1 Å². The normalized spacial score (nSPS) is 15.1. The Kier molecular flexibility index (Phi) is 5.68. The van der Waals surface area contributed by atoms with E-state index in [1.165, 1.54) is 11.8 Å². The molecule has 0 spiro atoms. The maximum Gasteiger partial charge on any atom is 0.355 e. The van der Waals surface area contributed by atoms with Gasteiger partial charge in [0.2, 0.25) is 5.95 Å². The lowest BCUT2D eigenvalue weighted by molar-refractivity contribution is -0.136. The molecule has 0 saturated heterocycles. The van der Waals surface area contributed by atoms with Crippen LogP contribution in [0.25, 0.3) is 0 Å². The Morgan fingerprint density at radius 2 is 1.90 bits per heavy atom. The zero-order valence-electron chi connectivity index (χ0n) is 16.7. The summed E-state index contributed by atoms with van der Waals surface area (Å²) >= 11 is 6.45. The largest absolute Gasteiger partial charge is 0.494 e. The number of aromatic nitrogens is 4. The number of methoxy groups -OCH3 is 1. The summed E-state index contributed by atoms with van der Waals surface area (Å²) in [7, 11) is 1.23. The van der Waals surface area contributed by atoms with Crippen molar-refractivity contribution in [3.8, 4) is 5.75 Å². The topological polar surface area (TPSA) is 108 Å². The number of esters is 1. The molecule has 1 aliphatic heterocycles. The van der Waals surface area contributed by atoms with E-state index in [0.717, 1.165) is 0 Å². The van der Waals surface area contributed by atoms with Gasteiger partial charge in [0.15, 0.2) is 5.78 Å². The van der Waals surface area contributed by atoms with E-state index in [2.05, 4.69) is 20.8 Å². The summed E-state index contributed by atoms with van der Waals surface area (Å²) in [6, 6.07) is 12.8. The van der Waals surface area contributed by atoms with Gasteiger partial charge in [-0.1, -0.05) is 34.9 Å². The molecule has 9 nitrogen and oxygen atoms in total. The predicted molar refractivity (Wildman–Crippen MR) is 112 cm³/mol. The molecule has 0 bridgehead atoms. The van der Waals surface area contributed by atoms with E-state index < -0.39 is 17.8 Å². The molecule has 4 rings (SSSR count). The minimum Gasteiger partial charge on any atom is -0.494 e. The molecule has 2 heterocycles. The molecular weight excluding hydrogens is 422 g/mol. The first kappa shape index (κ1) is 20.5. The number of halogens is 1. The number of hydrogen-bond donors (Lipinski definition) is 1. The number of fused-ring (bicyclic) bond motifs is 1. The third kappa shape index (κ3) is 3.75. The molecule has 0 radical (unpaired) electrons. The van der Waals surface area contributed by atoms with E-state index in [0.29, 0.717) is 28.5 Å². The molecular formula is C21H18ClN5O4. The molecule has 10 heteroatoms. The van der Waals surface area contributed by atoms with Crippen molar-refractivity contribution in [3.05, 3.63) is 76.0 Å². The molecule has 0 aliphatic carbocycles. The zero-order chi connectivity index (χ0) is 22.0. The van der Waals surface area contributed by atoms with Crippen LogP contribution in [0.4, 0.5) is 5.95 Å². The number of ketones is 1. The van der Waals surface area contributed by atoms with Gasteiger partial charge in [0.25, 0.3) is 0 Å². The van der Waals surface area contributed by atoms with Crippen molar-refractivity contribution in [3.63, 3.8) is 0 Å². The van der Waals surface area contributed by atoms with E-state index in [9.17, 15) is 9.59 Å². The van der Waals surface area contributed by atoms with E-state index >= 15 is 0 Å². The number of tetrazole rings is 1. The maximum atomic E-state index is 13.7. The highest BCUT2D eigenvalue weighted by molar-refractivity contribution is 6.31. The van der Waals surface area contributed by atoms with Crippen LogP contribution >= 0.6 is 11.6 Å². The van der Waals surface area contributed by atoms with Crippen LogP contribution in [0.5, 0.6) is 5.75 Å². The fourth-order valence-corrected chi connectivity index (χ4v) is 3.64. The van der Waals surface area contributed by atoms with Gasteiger partial charge < -0.3 is 14.8 Å². The van der Waals surface area contributed by atoms with Crippen LogP contribution in [0.15, 0.2) is 59.8 Å². The standard InChI is InChI=1S/C21H18ClN5O4/c1-3-31-13-10-8-12(9-11-13)19(28)16-17(20(29)30-2)23-21-24-25-26-27(21)18(16)14-6-4-5-7-15(14)22/h4-11,18H,3H2,1-2H3,(H,23,24,26)/t18-/m0/s1. The summed E-state index contributed by atoms with van der Waals surface area (Å²) in [4.78, 5) is 26.3. The number of carbonyl (C=O) groups is 2. The molecule has 1 aromatic heterocycles. The van der Waals surface area contributed by atoms with Gasteiger partial charge in [-0.25, -0.2) is 4.79 Å². The highest BCUT2D eigenvalue weighted by Crippen LogP contribution is 2.39. The van der Waals surface area contributed by atoms with Gasteiger partial charge >= 0.3 is 5.97 Å². The number of ether oxygens (including phenoxy) is 2. The van der Waals surface area contributed by atoms with E-state index in [4.69, 9.17) is 21.1 Å². The summed E-state index contributed by atoms with van der Waals surface area (Å²) in [5.74, 6) is -0.301. The Morgan fingerprint density at radius 1 is 1.16 bits per heavy atom. The molecule has 0 unspecified atom stereocenters. The number of carbonyl (C=O) groups excluding carboxylic acids is 2. The van der Waals surface area contributed by atoms with Gasteiger partial charge in [0.1, 0.15) is 17.5 Å². The lowest BCUT2D eigenvalue weighted by Gasteiger charge is -2.28.